The van der Waals surface area contributed by atoms with Gasteiger partial charge in [0.2, 0.25) is 5.91 Å². The zero-order valence-electron chi connectivity index (χ0n) is 15.3. The van der Waals surface area contributed by atoms with Crippen LogP contribution in [-0.2, 0) is 11.2 Å². The van der Waals surface area contributed by atoms with Crippen molar-refractivity contribution in [3.8, 4) is 22.1 Å². The van der Waals surface area contributed by atoms with Crippen LogP contribution in [0.5, 0.6) is 11.5 Å². The fourth-order valence-corrected chi connectivity index (χ4v) is 3.72. The van der Waals surface area contributed by atoms with Gasteiger partial charge in [-0.15, -0.1) is 36.2 Å². The fourth-order valence-electron chi connectivity index (χ4n) is 2.91. The van der Waals surface area contributed by atoms with Crippen molar-refractivity contribution in [3.05, 3.63) is 29.3 Å². The van der Waals surface area contributed by atoms with Gasteiger partial charge in [-0.1, -0.05) is 0 Å². The summed E-state index contributed by atoms with van der Waals surface area (Å²) < 4.78 is 10.6. The van der Waals surface area contributed by atoms with E-state index >= 15 is 0 Å². The summed E-state index contributed by atoms with van der Waals surface area (Å²) in [4.78, 5) is 16.8. The molecule has 0 saturated carbocycles. The van der Waals surface area contributed by atoms with Crippen LogP contribution in [0.1, 0.15) is 18.5 Å². The van der Waals surface area contributed by atoms with E-state index in [9.17, 15) is 4.79 Å². The number of carbonyl (C=O) groups is 1. The van der Waals surface area contributed by atoms with Gasteiger partial charge >= 0.3 is 0 Å². The van der Waals surface area contributed by atoms with Crippen LogP contribution in [0.15, 0.2) is 23.6 Å². The summed E-state index contributed by atoms with van der Waals surface area (Å²) >= 11 is 1.52. The van der Waals surface area contributed by atoms with Crippen LogP contribution in [0.2, 0.25) is 0 Å². The molecule has 0 aliphatic carbocycles. The third kappa shape index (κ3) is 6.24. The number of piperidine rings is 1. The smallest absolute Gasteiger partial charge is 0.226 e. The Balaban J connectivity index is 0.00000182. The Morgan fingerprint density at radius 3 is 2.74 bits per heavy atom. The number of aromatic nitrogens is 1. The number of amides is 1. The molecule has 1 unspecified atom stereocenters. The SMILES string of the molecule is COc1ccc(-c2nc(CC(=O)NC3CCCNC3)cs2)cc1OC.Cl.Cl. The molecular weight excluding hydrogens is 409 g/mol. The Kier molecular flexibility index (Phi) is 9.87. The standard InChI is InChI=1S/C18H23N3O3S.2ClH/c1-23-15-6-5-12(8-16(15)24-2)18-21-14(11-25-18)9-17(22)20-13-4-3-7-19-10-13;;/h5-6,8,11,13,19H,3-4,7,9-10H2,1-2H3,(H,20,22);2*1H. The first-order chi connectivity index (χ1) is 12.2. The average Bonchev–Trinajstić information content (AvgIpc) is 3.10. The third-order valence-corrected chi connectivity index (χ3v) is 5.13. The number of nitrogens with zero attached hydrogens (tertiary/aromatic N) is 1. The largest absolute Gasteiger partial charge is 0.493 e. The number of benzene rings is 1. The normalized spacial score (nSPS) is 15.9. The highest BCUT2D eigenvalue weighted by Gasteiger charge is 2.17. The Morgan fingerprint density at radius 2 is 2.07 bits per heavy atom. The highest BCUT2D eigenvalue weighted by molar-refractivity contribution is 7.13. The van der Waals surface area contributed by atoms with Crippen LogP contribution in [0.3, 0.4) is 0 Å². The molecule has 0 bridgehead atoms. The van der Waals surface area contributed by atoms with Crippen LogP contribution in [-0.4, -0.2) is 44.2 Å². The molecule has 6 nitrogen and oxygen atoms in total. The molecule has 1 aromatic heterocycles. The molecule has 1 amide bonds. The van der Waals surface area contributed by atoms with Gasteiger partial charge in [0.05, 0.1) is 26.3 Å². The summed E-state index contributed by atoms with van der Waals surface area (Å²) in [5.41, 5.74) is 1.74. The third-order valence-electron chi connectivity index (χ3n) is 4.19. The van der Waals surface area contributed by atoms with Crippen molar-refractivity contribution in [1.82, 2.24) is 15.6 Å². The Hall–Kier alpha value is -1.54. The maximum atomic E-state index is 12.2. The molecule has 2 aromatic rings. The molecule has 1 fully saturated rings. The van der Waals surface area contributed by atoms with Gasteiger partial charge in [-0.05, 0) is 37.6 Å². The van der Waals surface area contributed by atoms with Crippen LogP contribution >= 0.6 is 36.2 Å². The zero-order valence-corrected chi connectivity index (χ0v) is 17.8. The van der Waals surface area contributed by atoms with E-state index < -0.39 is 0 Å². The molecule has 2 N–H and O–H groups in total. The number of ether oxygens (including phenoxy) is 2. The Morgan fingerprint density at radius 1 is 1.30 bits per heavy atom. The lowest BCUT2D eigenvalue weighted by Gasteiger charge is -2.23. The second-order valence-corrected chi connectivity index (χ2v) is 6.86. The topological polar surface area (TPSA) is 72.5 Å². The summed E-state index contributed by atoms with van der Waals surface area (Å²) in [5, 5.41) is 9.17. The number of methoxy groups -OCH3 is 2. The van der Waals surface area contributed by atoms with Gasteiger partial charge in [0.25, 0.3) is 0 Å². The molecular formula is C18H25Cl2N3O3S. The Labute approximate surface area is 175 Å². The highest BCUT2D eigenvalue weighted by atomic mass is 35.5. The lowest BCUT2D eigenvalue weighted by molar-refractivity contribution is -0.121. The summed E-state index contributed by atoms with van der Waals surface area (Å²) in [7, 11) is 3.22. The van der Waals surface area contributed by atoms with E-state index in [2.05, 4.69) is 15.6 Å². The lowest BCUT2D eigenvalue weighted by atomic mass is 10.1. The number of nitrogens with one attached hydrogen (secondary N) is 2. The predicted molar refractivity (Wildman–Crippen MR) is 113 cm³/mol. The molecule has 27 heavy (non-hydrogen) atoms. The van der Waals surface area contributed by atoms with Gasteiger partial charge in [-0.3, -0.25) is 4.79 Å². The molecule has 0 radical (unpaired) electrons. The van der Waals surface area contributed by atoms with Crippen molar-refractivity contribution in [2.45, 2.75) is 25.3 Å². The van der Waals surface area contributed by atoms with Gasteiger partial charge in [0.15, 0.2) is 11.5 Å². The van der Waals surface area contributed by atoms with E-state index in [0.29, 0.717) is 17.9 Å². The highest BCUT2D eigenvalue weighted by Crippen LogP contribution is 2.33. The Bertz CT molecular complexity index is 736. The maximum Gasteiger partial charge on any atom is 0.226 e. The molecule has 1 aliphatic heterocycles. The van der Waals surface area contributed by atoms with E-state index in [-0.39, 0.29) is 36.8 Å². The van der Waals surface area contributed by atoms with Gasteiger partial charge in [-0.2, -0.15) is 0 Å². The zero-order chi connectivity index (χ0) is 17.6. The van der Waals surface area contributed by atoms with Crippen molar-refractivity contribution in [3.63, 3.8) is 0 Å². The lowest BCUT2D eigenvalue weighted by Crippen LogP contribution is -2.46. The van der Waals surface area contributed by atoms with Gasteiger partial charge in [-0.25, -0.2) is 4.98 Å². The fraction of sp³-hybridized carbons (Fsp3) is 0.444. The van der Waals surface area contributed by atoms with Crippen LogP contribution in [0.25, 0.3) is 10.6 Å². The maximum absolute atomic E-state index is 12.2. The van der Waals surface area contributed by atoms with E-state index in [4.69, 9.17) is 9.47 Å². The van der Waals surface area contributed by atoms with E-state index in [1.165, 1.54) is 11.3 Å². The number of carbonyl (C=O) groups excluding carboxylic acids is 1. The van der Waals surface area contributed by atoms with E-state index in [1.54, 1.807) is 14.2 Å². The monoisotopic (exact) mass is 433 g/mol. The van der Waals surface area contributed by atoms with Gasteiger partial charge in [0, 0.05) is 23.5 Å². The molecule has 3 rings (SSSR count). The van der Waals surface area contributed by atoms with Crippen molar-refractivity contribution < 1.29 is 14.3 Å². The first-order valence-corrected chi connectivity index (χ1v) is 9.24. The number of rotatable bonds is 6. The number of hydrogen-bond donors (Lipinski definition) is 2. The van der Waals surface area contributed by atoms with Crippen LogP contribution in [0, 0.1) is 0 Å². The first kappa shape index (κ1) is 23.5. The van der Waals surface area contributed by atoms with Crippen molar-refractivity contribution in [1.29, 1.82) is 0 Å². The van der Waals surface area contributed by atoms with Gasteiger partial charge < -0.3 is 20.1 Å². The first-order valence-electron chi connectivity index (χ1n) is 8.36. The molecule has 2 heterocycles. The molecule has 9 heteroatoms. The molecule has 1 aliphatic rings. The molecule has 1 atom stereocenters. The summed E-state index contributed by atoms with van der Waals surface area (Å²) in [6.45, 7) is 1.88. The summed E-state index contributed by atoms with van der Waals surface area (Å²) in [6, 6.07) is 5.93. The number of halogens is 2. The van der Waals surface area contributed by atoms with Crippen molar-refractivity contribution >= 4 is 42.1 Å². The molecule has 1 saturated heterocycles. The van der Waals surface area contributed by atoms with Crippen LogP contribution < -0.4 is 20.1 Å². The summed E-state index contributed by atoms with van der Waals surface area (Å²) in [6.07, 6.45) is 2.44. The second kappa shape index (κ2) is 11.3. The molecule has 1 aromatic carbocycles. The van der Waals surface area contributed by atoms with Gasteiger partial charge in [0.1, 0.15) is 5.01 Å². The minimum atomic E-state index is 0. The second-order valence-electron chi connectivity index (χ2n) is 6.00. The predicted octanol–water partition coefficient (Wildman–Crippen LogP) is 3.08. The van der Waals surface area contributed by atoms with Crippen molar-refractivity contribution in [2.24, 2.45) is 0 Å². The molecule has 150 valence electrons. The van der Waals surface area contributed by atoms with Crippen molar-refractivity contribution in [2.75, 3.05) is 27.3 Å². The van der Waals surface area contributed by atoms with Crippen LogP contribution in [0.4, 0.5) is 0 Å². The number of thiazole rings is 1. The quantitative estimate of drug-likeness (QED) is 0.731. The number of hydrogen-bond acceptors (Lipinski definition) is 6. The average molecular weight is 434 g/mol. The summed E-state index contributed by atoms with van der Waals surface area (Å²) in [5.74, 6) is 1.38. The van der Waals surface area contributed by atoms with E-state index in [0.717, 1.165) is 42.2 Å². The molecule has 0 spiro atoms. The minimum absolute atomic E-state index is 0. The minimum Gasteiger partial charge on any atom is -0.493 e. The van der Waals surface area contributed by atoms with E-state index in [1.807, 2.05) is 23.6 Å².